The standard InChI is InChI=1S/C19H22FN3O3/c1-26-15-4-5-16(20)14(9-15)11-23-8-6-17(18(24)12-23)22-19(25)13-3-2-7-21-10-13/h2-5,7,9-10,17-18,24H,6,8,11-12H2,1H3,(H,22,25). The average Bonchev–Trinajstić information content (AvgIpc) is 2.66. The molecule has 1 fully saturated rings. The molecule has 1 aromatic carbocycles. The number of carbonyl (C=O) groups is 1. The van der Waals surface area contributed by atoms with E-state index in [0.717, 1.165) is 0 Å². The molecular formula is C19H22FN3O3. The van der Waals surface area contributed by atoms with Gasteiger partial charge in [0.15, 0.2) is 0 Å². The second kappa shape index (κ2) is 8.25. The Labute approximate surface area is 151 Å². The molecule has 1 amide bonds. The Hall–Kier alpha value is -2.51. The number of amides is 1. The van der Waals surface area contributed by atoms with Gasteiger partial charge in [-0.05, 0) is 36.8 Å². The van der Waals surface area contributed by atoms with Crippen LogP contribution in [0.25, 0.3) is 0 Å². The first-order valence-electron chi connectivity index (χ1n) is 8.50. The van der Waals surface area contributed by atoms with Crippen LogP contribution in [0.1, 0.15) is 22.3 Å². The Balaban J connectivity index is 1.58. The van der Waals surface area contributed by atoms with Gasteiger partial charge < -0.3 is 15.2 Å². The molecule has 1 aromatic heterocycles. The van der Waals surface area contributed by atoms with E-state index in [1.807, 2.05) is 4.90 Å². The third kappa shape index (κ3) is 4.36. The maximum absolute atomic E-state index is 14.0. The molecular weight excluding hydrogens is 337 g/mol. The van der Waals surface area contributed by atoms with Crippen LogP contribution in [0.3, 0.4) is 0 Å². The van der Waals surface area contributed by atoms with Gasteiger partial charge in [0.1, 0.15) is 11.6 Å². The Morgan fingerprint density at radius 3 is 3.00 bits per heavy atom. The number of halogens is 1. The zero-order chi connectivity index (χ0) is 18.5. The molecule has 2 aromatic rings. The monoisotopic (exact) mass is 359 g/mol. The van der Waals surface area contributed by atoms with Crippen molar-refractivity contribution in [2.45, 2.75) is 25.1 Å². The zero-order valence-corrected chi connectivity index (χ0v) is 14.6. The SMILES string of the molecule is COc1ccc(F)c(CN2CCC(NC(=O)c3cccnc3)C(O)C2)c1. The van der Waals surface area contributed by atoms with E-state index in [-0.39, 0.29) is 17.8 Å². The Morgan fingerprint density at radius 2 is 2.31 bits per heavy atom. The highest BCUT2D eigenvalue weighted by Crippen LogP contribution is 2.20. The van der Waals surface area contributed by atoms with Crippen molar-refractivity contribution >= 4 is 5.91 Å². The summed E-state index contributed by atoms with van der Waals surface area (Å²) in [5, 5.41) is 13.2. The lowest BCUT2D eigenvalue weighted by Crippen LogP contribution is -2.53. The summed E-state index contributed by atoms with van der Waals surface area (Å²) < 4.78 is 19.1. The molecule has 1 saturated heterocycles. The summed E-state index contributed by atoms with van der Waals surface area (Å²) in [6.45, 7) is 1.38. The van der Waals surface area contributed by atoms with Gasteiger partial charge in [0, 0.05) is 37.6 Å². The van der Waals surface area contributed by atoms with Gasteiger partial charge in [-0.3, -0.25) is 14.7 Å². The first kappa shape index (κ1) is 18.3. The molecule has 0 spiro atoms. The number of rotatable bonds is 5. The summed E-state index contributed by atoms with van der Waals surface area (Å²) in [4.78, 5) is 18.1. The molecule has 0 aliphatic carbocycles. The number of aliphatic hydroxyl groups excluding tert-OH is 1. The first-order valence-corrected chi connectivity index (χ1v) is 8.50. The van der Waals surface area contributed by atoms with E-state index in [9.17, 15) is 14.3 Å². The minimum atomic E-state index is -0.724. The number of piperidine rings is 1. The number of benzene rings is 1. The predicted octanol–water partition coefficient (Wildman–Crippen LogP) is 1.59. The molecule has 2 unspecified atom stereocenters. The lowest BCUT2D eigenvalue weighted by Gasteiger charge is -2.36. The van der Waals surface area contributed by atoms with Crippen LogP contribution in [0, 0.1) is 5.82 Å². The fourth-order valence-electron chi connectivity index (χ4n) is 3.10. The van der Waals surface area contributed by atoms with Gasteiger partial charge in [0.25, 0.3) is 5.91 Å². The molecule has 2 atom stereocenters. The number of nitrogens with zero attached hydrogens (tertiary/aromatic N) is 2. The number of aromatic nitrogens is 1. The number of β-amino-alcohol motifs (C(OH)–C–C–N with tert-alkyl or cyclic N) is 1. The summed E-state index contributed by atoms with van der Waals surface area (Å²) >= 11 is 0. The molecule has 7 heteroatoms. The third-order valence-electron chi connectivity index (χ3n) is 4.55. The smallest absolute Gasteiger partial charge is 0.253 e. The summed E-state index contributed by atoms with van der Waals surface area (Å²) in [5.41, 5.74) is 0.981. The van der Waals surface area contributed by atoms with Crippen LogP contribution in [0.4, 0.5) is 4.39 Å². The minimum Gasteiger partial charge on any atom is -0.497 e. The van der Waals surface area contributed by atoms with Gasteiger partial charge in [0.2, 0.25) is 0 Å². The summed E-state index contributed by atoms with van der Waals surface area (Å²) in [5.74, 6) is 0.0438. The molecule has 0 bridgehead atoms. The highest BCUT2D eigenvalue weighted by atomic mass is 19.1. The van der Waals surface area contributed by atoms with Crippen LogP contribution < -0.4 is 10.1 Å². The highest BCUT2D eigenvalue weighted by molar-refractivity contribution is 5.94. The second-order valence-corrected chi connectivity index (χ2v) is 6.37. The lowest BCUT2D eigenvalue weighted by molar-refractivity contribution is 0.0346. The van der Waals surface area contributed by atoms with Crippen LogP contribution in [0.15, 0.2) is 42.7 Å². The first-order chi connectivity index (χ1) is 12.6. The predicted molar refractivity (Wildman–Crippen MR) is 94.3 cm³/mol. The van der Waals surface area contributed by atoms with E-state index in [4.69, 9.17) is 4.74 Å². The topological polar surface area (TPSA) is 74.7 Å². The van der Waals surface area contributed by atoms with E-state index in [0.29, 0.717) is 42.9 Å². The molecule has 26 heavy (non-hydrogen) atoms. The van der Waals surface area contributed by atoms with Crippen molar-refractivity contribution < 1.29 is 19.0 Å². The molecule has 1 aliphatic rings. The van der Waals surface area contributed by atoms with Crippen LogP contribution in [0.2, 0.25) is 0 Å². The highest BCUT2D eigenvalue weighted by Gasteiger charge is 2.29. The number of likely N-dealkylation sites (tertiary alicyclic amines) is 1. The zero-order valence-electron chi connectivity index (χ0n) is 14.6. The van der Waals surface area contributed by atoms with Gasteiger partial charge in [-0.15, -0.1) is 0 Å². The van der Waals surface area contributed by atoms with E-state index in [1.165, 1.54) is 19.4 Å². The van der Waals surface area contributed by atoms with E-state index in [2.05, 4.69) is 10.3 Å². The number of nitrogens with one attached hydrogen (secondary N) is 1. The van der Waals surface area contributed by atoms with Gasteiger partial charge in [-0.1, -0.05) is 0 Å². The minimum absolute atomic E-state index is 0.255. The van der Waals surface area contributed by atoms with Crippen molar-refractivity contribution in [2.24, 2.45) is 0 Å². The van der Waals surface area contributed by atoms with Gasteiger partial charge >= 0.3 is 0 Å². The van der Waals surface area contributed by atoms with Crippen LogP contribution in [-0.2, 0) is 6.54 Å². The van der Waals surface area contributed by atoms with E-state index >= 15 is 0 Å². The molecule has 0 saturated carbocycles. The van der Waals surface area contributed by atoms with Crippen molar-refractivity contribution in [3.63, 3.8) is 0 Å². The number of aliphatic hydroxyl groups is 1. The van der Waals surface area contributed by atoms with Crippen molar-refractivity contribution in [3.8, 4) is 5.75 Å². The Morgan fingerprint density at radius 1 is 1.46 bits per heavy atom. The fourth-order valence-corrected chi connectivity index (χ4v) is 3.10. The van der Waals surface area contributed by atoms with Crippen LogP contribution in [0.5, 0.6) is 5.75 Å². The van der Waals surface area contributed by atoms with Crippen molar-refractivity contribution in [1.82, 2.24) is 15.2 Å². The van der Waals surface area contributed by atoms with Crippen LogP contribution in [-0.4, -0.2) is 53.2 Å². The van der Waals surface area contributed by atoms with Crippen LogP contribution >= 0.6 is 0 Å². The van der Waals surface area contributed by atoms with E-state index < -0.39 is 6.10 Å². The number of ether oxygens (including phenoxy) is 1. The van der Waals surface area contributed by atoms with Crippen molar-refractivity contribution in [3.05, 3.63) is 59.7 Å². The van der Waals surface area contributed by atoms with Gasteiger partial charge in [-0.2, -0.15) is 0 Å². The fraction of sp³-hybridized carbons (Fsp3) is 0.368. The summed E-state index contributed by atoms with van der Waals surface area (Å²) in [7, 11) is 1.54. The summed E-state index contributed by atoms with van der Waals surface area (Å²) in [6, 6.07) is 7.65. The maximum atomic E-state index is 14.0. The molecule has 2 N–H and O–H groups in total. The second-order valence-electron chi connectivity index (χ2n) is 6.37. The average molecular weight is 359 g/mol. The Bertz CT molecular complexity index is 757. The van der Waals surface area contributed by atoms with E-state index in [1.54, 1.807) is 30.5 Å². The number of methoxy groups -OCH3 is 1. The molecule has 3 rings (SSSR count). The number of hydrogen-bond donors (Lipinski definition) is 2. The molecule has 0 radical (unpaired) electrons. The Kier molecular flexibility index (Phi) is 5.80. The summed E-state index contributed by atoms with van der Waals surface area (Å²) in [6.07, 6.45) is 2.95. The molecule has 2 heterocycles. The van der Waals surface area contributed by atoms with Gasteiger partial charge in [0.05, 0.1) is 24.8 Å². The normalized spacial score (nSPS) is 20.6. The van der Waals surface area contributed by atoms with Crippen molar-refractivity contribution in [2.75, 3.05) is 20.2 Å². The molecule has 138 valence electrons. The maximum Gasteiger partial charge on any atom is 0.253 e. The lowest BCUT2D eigenvalue weighted by atomic mass is 10.0. The van der Waals surface area contributed by atoms with Gasteiger partial charge in [-0.25, -0.2) is 4.39 Å². The molecule has 6 nitrogen and oxygen atoms in total. The quantitative estimate of drug-likeness (QED) is 0.848. The number of pyridine rings is 1. The third-order valence-corrected chi connectivity index (χ3v) is 4.55. The largest absolute Gasteiger partial charge is 0.497 e. The number of carbonyl (C=O) groups excluding carboxylic acids is 1. The van der Waals surface area contributed by atoms with Crippen molar-refractivity contribution in [1.29, 1.82) is 0 Å². The molecule has 1 aliphatic heterocycles. The number of hydrogen-bond acceptors (Lipinski definition) is 5.